The summed E-state index contributed by atoms with van der Waals surface area (Å²) in [6.45, 7) is 3.96. The predicted octanol–water partition coefficient (Wildman–Crippen LogP) is 3.02. The third-order valence-electron chi connectivity index (χ3n) is 3.71. The Labute approximate surface area is 163 Å². The Morgan fingerprint density at radius 1 is 1.07 bits per heavy atom. The molecule has 3 N–H and O–H groups in total. The summed E-state index contributed by atoms with van der Waals surface area (Å²) in [6, 6.07) is 9.83. The van der Waals surface area contributed by atoms with Gasteiger partial charge in [0, 0.05) is 11.6 Å². The summed E-state index contributed by atoms with van der Waals surface area (Å²) in [6.07, 6.45) is 4.62. The van der Waals surface area contributed by atoms with E-state index >= 15 is 0 Å². The van der Waals surface area contributed by atoms with Crippen molar-refractivity contribution < 1.29 is 23.8 Å². The van der Waals surface area contributed by atoms with Crippen LogP contribution in [0.4, 0.5) is 5.69 Å². The van der Waals surface area contributed by atoms with E-state index in [1.165, 1.54) is 32.4 Å². The largest absolute Gasteiger partial charge is 0.495 e. The maximum Gasteiger partial charge on any atom is 0.248 e. The third-order valence-corrected chi connectivity index (χ3v) is 3.71. The van der Waals surface area contributed by atoms with E-state index in [0.717, 1.165) is 5.56 Å². The molecule has 0 radical (unpaired) electrons. The molecule has 0 aliphatic heterocycles. The van der Waals surface area contributed by atoms with Gasteiger partial charge in [0.05, 0.1) is 19.9 Å². The first-order valence-electron chi connectivity index (χ1n) is 8.37. The standard InChI is InChI=1S/C21H22N2O5/c1-4-11-28-18-8-5-14(12-19(18)27-3)6-10-20(24)23-16-13-15(21(22)25)7-9-17(16)26-2/h4-10,12-13H,1,11H2,2-3H3,(H2,22,25)(H,23,24)/b10-6+. The molecule has 0 atom stereocenters. The Morgan fingerprint density at radius 3 is 2.43 bits per heavy atom. The van der Waals surface area contributed by atoms with Gasteiger partial charge in [-0.05, 0) is 42.0 Å². The van der Waals surface area contributed by atoms with Crippen LogP contribution in [0.1, 0.15) is 15.9 Å². The lowest BCUT2D eigenvalue weighted by atomic mass is 10.1. The Hall–Kier alpha value is -3.74. The fourth-order valence-corrected chi connectivity index (χ4v) is 2.36. The molecule has 7 heteroatoms. The van der Waals surface area contributed by atoms with E-state index < -0.39 is 11.8 Å². The minimum absolute atomic E-state index is 0.264. The Morgan fingerprint density at radius 2 is 1.79 bits per heavy atom. The van der Waals surface area contributed by atoms with Gasteiger partial charge in [-0.25, -0.2) is 0 Å². The van der Waals surface area contributed by atoms with Crippen molar-refractivity contribution in [1.29, 1.82) is 0 Å². The van der Waals surface area contributed by atoms with E-state index in [1.54, 1.807) is 36.4 Å². The lowest BCUT2D eigenvalue weighted by molar-refractivity contribution is -0.111. The van der Waals surface area contributed by atoms with Crippen LogP contribution in [0.2, 0.25) is 0 Å². The van der Waals surface area contributed by atoms with Crippen molar-refractivity contribution in [3.05, 3.63) is 66.3 Å². The van der Waals surface area contributed by atoms with Crippen molar-refractivity contribution in [3.8, 4) is 17.2 Å². The summed E-state index contributed by atoms with van der Waals surface area (Å²) < 4.78 is 16.0. The van der Waals surface area contributed by atoms with Crippen LogP contribution in [0.25, 0.3) is 6.08 Å². The Balaban J connectivity index is 2.14. The minimum atomic E-state index is -0.598. The van der Waals surface area contributed by atoms with Gasteiger partial charge in [-0.2, -0.15) is 0 Å². The zero-order valence-corrected chi connectivity index (χ0v) is 15.7. The van der Waals surface area contributed by atoms with E-state index in [-0.39, 0.29) is 5.56 Å². The lowest BCUT2D eigenvalue weighted by Crippen LogP contribution is -2.13. The first-order chi connectivity index (χ1) is 13.5. The number of primary amides is 1. The average Bonchev–Trinajstić information content (AvgIpc) is 2.70. The number of nitrogens with two attached hydrogens (primary N) is 1. The zero-order chi connectivity index (χ0) is 20.5. The third kappa shape index (κ3) is 5.38. The smallest absolute Gasteiger partial charge is 0.248 e. The van der Waals surface area contributed by atoms with Crippen molar-refractivity contribution in [2.75, 3.05) is 26.1 Å². The molecule has 0 heterocycles. The zero-order valence-electron chi connectivity index (χ0n) is 15.7. The molecule has 0 bridgehead atoms. The molecular weight excluding hydrogens is 360 g/mol. The molecule has 2 aromatic carbocycles. The van der Waals surface area contributed by atoms with E-state index in [0.29, 0.717) is 29.5 Å². The number of carbonyl (C=O) groups excluding carboxylic acids is 2. The highest BCUT2D eigenvalue weighted by atomic mass is 16.5. The number of methoxy groups -OCH3 is 2. The van der Waals surface area contributed by atoms with Crippen molar-refractivity contribution in [2.24, 2.45) is 5.73 Å². The number of amides is 2. The summed E-state index contributed by atoms with van der Waals surface area (Å²) >= 11 is 0. The molecule has 0 aliphatic rings. The highest BCUT2D eigenvalue weighted by molar-refractivity contribution is 6.04. The van der Waals surface area contributed by atoms with Crippen molar-refractivity contribution >= 4 is 23.6 Å². The molecule has 0 fully saturated rings. The molecule has 0 unspecified atom stereocenters. The minimum Gasteiger partial charge on any atom is -0.495 e. The molecule has 7 nitrogen and oxygen atoms in total. The van der Waals surface area contributed by atoms with Crippen LogP contribution in [0, 0.1) is 0 Å². The van der Waals surface area contributed by atoms with Gasteiger partial charge in [0.15, 0.2) is 11.5 Å². The molecule has 2 rings (SSSR count). The average molecular weight is 382 g/mol. The highest BCUT2D eigenvalue weighted by Crippen LogP contribution is 2.29. The number of ether oxygens (including phenoxy) is 3. The summed E-state index contributed by atoms with van der Waals surface area (Å²) in [4.78, 5) is 23.6. The van der Waals surface area contributed by atoms with Crippen LogP contribution in [-0.4, -0.2) is 32.6 Å². The second-order valence-electron chi connectivity index (χ2n) is 5.61. The van der Waals surface area contributed by atoms with Gasteiger partial charge in [-0.3, -0.25) is 9.59 Å². The molecule has 146 valence electrons. The predicted molar refractivity (Wildman–Crippen MR) is 108 cm³/mol. The molecule has 28 heavy (non-hydrogen) atoms. The molecule has 0 saturated heterocycles. The van der Waals surface area contributed by atoms with Crippen LogP contribution in [0.15, 0.2) is 55.1 Å². The number of anilines is 1. The number of nitrogens with one attached hydrogen (secondary N) is 1. The Kier molecular flexibility index (Phi) is 7.21. The monoisotopic (exact) mass is 382 g/mol. The van der Waals surface area contributed by atoms with E-state index in [2.05, 4.69) is 11.9 Å². The summed E-state index contributed by atoms with van der Waals surface area (Å²) in [5, 5.41) is 2.67. The summed E-state index contributed by atoms with van der Waals surface area (Å²) in [5.74, 6) is 0.541. The summed E-state index contributed by atoms with van der Waals surface area (Å²) in [7, 11) is 3.00. The molecule has 0 aliphatic carbocycles. The first kappa shape index (κ1) is 20.6. The van der Waals surface area contributed by atoms with Crippen LogP contribution < -0.4 is 25.3 Å². The van der Waals surface area contributed by atoms with Crippen LogP contribution in [0.5, 0.6) is 17.2 Å². The number of rotatable bonds is 9. The first-order valence-corrected chi connectivity index (χ1v) is 8.37. The van der Waals surface area contributed by atoms with Gasteiger partial charge < -0.3 is 25.3 Å². The molecule has 2 aromatic rings. The molecular formula is C21H22N2O5. The van der Waals surface area contributed by atoms with E-state index in [9.17, 15) is 9.59 Å². The van der Waals surface area contributed by atoms with Gasteiger partial charge in [0.2, 0.25) is 11.8 Å². The quantitative estimate of drug-likeness (QED) is 0.513. The van der Waals surface area contributed by atoms with Crippen molar-refractivity contribution in [2.45, 2.75) is 0 Å². The van der Waals surface area contributed by atoms with Crippen LogP contribution >= 0.6 is 0 Å². The van der Waals surface area contributed by atoms with Crippen molar-refractivity contribution in [1.82, 2.24) is 0 Å². The lowest BCUT2D eigenvalue weighted by Gasteiger charge is -2.10. The van der Waals surface area contributed by atoms with Gasteiger partial charge in [0.25, 0.3) is 0 Å². The van der Waals surface area contributed by atoms with Crippen LogP contribution in [0.3, 0.4) is 0 Å². The normalized spacial score (nSPS) is 10.4. The number of hydrogen-bond acceptors (Lipinski definition) is 5. The number of carbonyl (C=O) groups is 2. The molecule has 0 saturated carbocycles. The summed E-state index contributed by atoms with van der Waals surface area (Å²) in [5.41, 5.74) is 6.63. The van der Waals surface area contributed by atoms with Gasteiger partial charge in [0.1, 0.15) is 12.4 Å². The second kappa shape index (κ2) is 9.82. The SMILES string of the molecule is C=CCOc1ccc(/C=C/C(=O)Nc2cc(C(N)=O)ccc2OC)cc1OC. The number of benzene rings is 2. The highest BCUT2D eigenvalue weighted by Gasteiger charge is 2.10. The second-order valence-corrected chi connectivity index (χ2v) is 5.61. The molecule has 0 spiro atoms. The fourth-order valence-electron chi connectivity index (χ4n) is 2.36. The van der Waals surface area contributed by atoms with Gasteiger partial charge in [-0.15, -0.1) is 0 Å². The van der Waals surface area contributed by atoms with Crippen LogP contribution in [-0.2, 0) is 4.79 Å². The van der Waals surface area contributed by atoms with Crippen molar-refractivity contribution in [3.63, 3.8) is 0 Å². The van der Waals surface area contributed by atoms with Gasteiger partial charge in [-0.1, -0.05) is 18.7 Å². The fraction of sp³-hybridized carbons (Fsp3) is 0.143. The van der Waals surface area contributed by atoms with Gasteiger partial charge >= 0.3 is 0 Å². The Bertz CT molecular complexity index is 906. The molecule has 2 amide bonds. The topological polar surface area (TPSA) is 99.9 Å². The number of hydrogen-bond donors (Lipinski definition) is 2. The maximum absolute atomic E-state index is 12.3. The molecule has 0 aromatic heterocycles. The maximum atomic E-state index is 12.3. The van der Waals surface area contributed by atoms with E-state index in [4.69, 9.17) is 19.9 Å². The van der Waals surface area contributed by atoms with E-state index in [1.807, 2.05) is 0 Å².